The zero-order chi connectivity index (χ0) is 19.5. The van der Waals surface area contributed by atoms with Crippen LogP contribution in [0, 0.1) is 0 Å². The molecule has 1 amide bonds. The second kappa shape index (κ2) is 7.93. The number of hydrogen-bond acceptors (Lipinski definition) is 3. The van der Waals surface area contributed by atoms with Crippen molar-refractivity contribution >= 4 is 28.1 Å². The lowest BCUT2D eigenvalue weighted by atomic mass is 9.97. The van der Waals surface area contributed by atoms with Gasteiger partial charge in [0.1, 0.15) is 5.75 Å². The summed E-state index contributed by atoms with van der Waals surface area (Å²) in [7, 11) is 1.67. The van der Waals surface area contributed by atoms with Gasteiger partial charge in [0.15, 0.2) is 0 Å². The fourth-order valence-corrected chi connectivity index (χ4v) is 3.84. The van der Waals surface area contributed by atoms with Crippen LogP contribution in [0.15, 0.2) is 60.7 Å². The van der Waals surface area contributed by atoms with E-state index in [2.05, 4.69) is 28.4 Å². The van der Waals surface area contributed by atoms with Crippen molar-refractivity contribution in [3.05, 3.63) is 66.2 Å². The highest BCUT2D eigenvalue weighted by molar-refractivity contribution is 5.99. The second-order valence-electron chi connectivity index (χ2n) is 7.39. The average molecular weight is 374 g/mol. The molecule has 4 heteroatoms. The minimum atomic E-state index is -0.238. The van der Waals surface area contributed by atoms with Crippen molar-refractivity contribution in [1.29, 1.82) is 0 Å². The number of methoxy groups -OCH3 is 1. The quantitative estimate of drug-likeness (QED) is 0.668. The molecule has 28 heavy (non-hydrogen) atoms. The first kappa shape index (κ1) is 18.4. The Hall–Kier alpha value is -3.01. The number of rotatable bonds is 5. The summed E-state index contributed by atoms with van der Waals surface area (Å²) in [5.41, 5.74) is 3.02. The third-order valence-electron chi connectivity index (χ3n) is 5.57. The zero-order valence-corrected chi connectivity index (χ0v) is 16.4. The predicted octanol–water partition coefficient (Wildman–Crippen LogP) is 5.19. The van der Waals surface area contributed by atoms with Crippen LogP contribution in [0.2, 0.25) is 0 Å². The van der Waals surface area contributed by atoms with Crippen molar-refractivity contribution in [3.63, 3.8) is 0 Å². The number of carbonyl (C=O) groups excluding carboxylic acids is 1. The number of hydrogen-bond donors (Lipinski definition) is 1. The van der Waals surface area contributed by atoms with E-state index in [0.717, 1.165) is 46.5 Å². The van der Waals surface area contributed by atoms with E-state index in [0.29, 0.717) is 0 Å². The van der Waals surface area contributed by atoms with Crippen LogP contribution in [0.3, 0.4) is 0 Å². The summed E-state index contributed by atoms with van der Waals surface area (Å²) in [4.78, 5) is 15.3. The maximum absolute atomic E-state index is 13.0. The molecule has 0 aliphatic carbocycles. The molecule has 3 aromatic carbocycles. The molecule has 1 fully saturated rings. The molecule has 4 nitrogen and oxygen atoms in total. The molecule has 1 heterocycles. The van der Waals surface area contributed by atoms with Gasteiger partial charge in [-0.15, -0.1) is 0 Å². The Morgan fingerprint density at radius 2 is 1.71 bits per heavy atom. The molecule has 0 bridgehead atoms. The Bertz CT molecular complexity index is 993. The molecule has 3 aromatic rings. The largest absolute Gasteiger partial charge is 0.497 e. The fraction of sp³-hybridized carbons (Fsp3) is 0.292. The smallest absolute Gasteiger partial charge is 0.231 e. The van der Waals surface area contributed by atoms with Crippen LogP contribution < -0.4 is 15.0 Å². The summed E-state index contributed by atoms with van der Waals surface area (Å²) in [6, 6.07) is 20.2. The topological polar surface area (TPSA) is 41.6 Å². The van der Waals surface area contributed by atoms with Crippen molar-refractivity contribution in [3.8, 4) is 5.75 Å². The lowest BCUT2D eigenvalue weighted by molar-refractivity contribution is -0.117. The number of nitrogens with zero attached hydrogens (tertiary/aromatic N) is 1. The maximum Gasteiger partial charge on any atom is 0.231 e. The third kappa shape index (κ3) is 3.68. The minimum Gasteiger partial charge on any atom is -0.497 e. The van der Waals surface area contributed by atoms with E-state index >= 15 is 0 Å². The number of benzene rings is 3. The first-order valence-corrected chi connectivity index (χ1v) is 9.88. The predicted molar refractivity (Wildman–Crippen MR) is 115 cm³/mol. The molecule has 144 valence electrons. The average Bonchev–Trinajstić information content (AvgIpc) is 3.27. The highest BCUT2D eigenvalue weighted by Gasteiger charge is 2.20. The number of fused-ring (bicyclic) bond motifs is 1. The summed E-state index contributed by atoms with van der Waals surface area (Å²) >= 11 is 0. The maximum atomic E-state index is 13.0. The van der Waals surface area contributed by atoms with Gasteiger partial charge in [0.25, 0.3) is 0 Å². The first-order chi connectivity index (χ1) is 13.7. The van der Waals surface area contributed by atoms with E-state index in [1.807, 2.05) is 49.4 Å². The normalized spacial score (nSPS) is 14.9. The van der Waals surface area contributed by atoms with E-state index in [-0.39, 0.29) is 11.8 Å². The van der Waals surface area contributed by atoms with Gasteiger partial charge in [0, 0.05) is 13.1 Å². The van der Waals surface area contributed by atoms with E-state index in [4.69, 9.17) is 4.74 Å². The number of amides is 1. The van der Waals surface area contributed by atoms with E-state index < -0.39 is 0 Å². The van der Waals surface area contributed by atoms with Crippen molar-refractivity contribution in [2.45, 2.75) is 25.7 Å². The van der Waals surface area contributed by atoms with Crippen molar-refractivity contribution < 1.29 is 9.53 Å². The number of carbonyl (C=O) groups is 1. The molecular formula is C24H26N2O2. The molecule has 0 radical (unpaired) electrons. The molecular weight excluding hydrogens is 348 g/mol. The number of anilines is 2. The van der Waals surface area contributed by atoms with Crippen molar-refractivity contribution in [2.24, 2.45) is 0 Å². The van der Waals surface area contributed by atoms with Crippen LogP contribution in [0.4, 0.5) is 11.4 Å². The van der Waals surface area contributed by atoms with E-state index in [1.165, 1.54) is 12.8 Å². The van der Waals surface area contributed by atoms with Gasteiger partial charge in [-0.3, -0.25) is 4.79 Å². The van der Waals surface area contributed by atoms with E-state index in [1.54, 1.807) is 7.11 Å². The Morgan fingerprint density at radius 3 is 2.50 bits per heavy atom. The van der Waals surface area contributed by atoms with Gasteiger partial charge >= 0.3 is 0 Å². The van der Waals surface area contributed by atoms with Gasteiger partial charge in [-0.05, 0) is 60.4 Å². The Balaban J connectivity index is 1.55. The van der Waals surface area contributed by atoms with Crippen LogP contribution >= 0.6 is 0 Å². The van der Waals surface area contributed by atoms with Gasteiger partial charge in [0.2, 0.25) is 5.91 Å². The lowest BCUT2D eigenvalue weighted by Gasteiger charge is -2.22. The molecule has 0 aromatic heterocycles. The highest BCUT2D eigenvalue weighted by atomic mass is 16.5. The molecule has 0 spiro atoms. The number of nitrogens with one attached hydrogen (secondary N) is 1. The van der Waals surface area contributed by atoms with Gasteiger partial charge in [0.05, 0.1) is 24.4 Å². The van der Waals surface area contributed by atoms with Crippen LogP contribution in [0.5, 0.6) is 5.75 Å². The molecule has 0 unspecified atom stereocenters. The van der Waals surface area contributed by atoms with Gasteiger partial charge in [-0.1, -0.05) is 36.4 Å². The van der Waals surface area contributed by atoms with Crippen molar-refractivity contribution in [2.75, 3.05) is 30.4 Å². The first-order valence-electron chi connectivity index (χ1n) is 9.88. The van der Waals surface area contributed by atoms with E-state index in [9.17, 15) is 4.79 Å². The lowest BCUT2D eigenvalue weighted by Crippen LogP contribution is -2.23. The zero-order valence-electron chi connectivity index (χ0n) is 16.4. The van der Waals surface area contributed by atoms with Gasteiger partial charge < -0.3 is 15.0 Å². The number of para-hydroxylation sites is 2. The van der Waals surface area contributed by atoms with Crippen LogP contribution in [0.1, 0.15) is 31.2 Å². The summed E-state index contributed by atoms with van der Waals surface area (Å²) in [6.45, 7) is 4.06. The Kier molecular flexibility index (Phi) is 5.20. The standard InChI is InChI=1S/C24H26N2O2/c1-17(18-9-10-20-16-21(28-2)12-11-19(20)15-18)24(27)25-22-7-3-4-8-23(22)26-13-5-6-14-26/h3-4,7-12,15-17H,5-6,13-14H2,1-2H3,(H,25,27)/t17-/m1/s1. The molecule has 1 N–H and O–H groups in total. The molecule has 1 aliphatic rings. The van der Waals surface area contributed by atoms with Gasteiger partial charge in [-0.2, -0.15) is 0 Å². The van der Waals surface area contributed by atoms with Crippen LogP contribution in [-0.4, -0.2) is 26.1 Å². The summed E-state index contributed by atoms with van der Waals surface area (Å²) in [6.07, 6.45) is 2.42. The number of ether oxygens (including phenoxy) is 1. The third-order valence-corrected chi connectivity index (χ3v) is 5.57. The summed E-state index contributed by atoms with van der Waals surface area (Å²) in [5, 5.41) is 5.36. The minimum absolute atomic E-state index is 0.0134. The van der Waals surface area contributed by atoms with Crippen LogP contribution in [-0.2, 0) is 4.79 Å². The SMILES string of the molecule is COc1ccc2cc([C@@H](C)C(=O)Nc3ccccc3N3CCCC3)ccc2c1. The molecule has 4 rings (SSSR count). The summed E-state index contributed by atoms with van der Waals surface area (Å²) in [5.74, 6) is 0.613. The Labute approximate surface area is 166 Å². The molecule has 1 aliphatic heterocycles. The van der Waals surface area contributed by atoms with Crippen LogP contribution in [0.25, 0.3) is 10.8 Å². The Morgan fingerprint density at radius 1 is 1.00 bits per heavy atom. The van der Waals surface area contributed by atoms with Crippen molar-refractivity contribution in [1.82, 2.24) is 0 Å². The summed E-state index contributed by atoms with van der Waals surface area (Å²) < 4.78 is 5.29. The fourth-order valence-electron chi connectivity index (χ4n) is 3.84. The molecule has 0 saturated carbocycles. The molecule has 1 saturated heterocycles. The molecule has 1 atom stereocenters. The van der Waals surface area contributed by atoms with Gasteiger partial charge in [-0.25, -0.2) is 0 Å². The second-order valence-corrected chi connectivity index (χ2v) is 7.39. The monoisotopic (exact) mass is 374 g/mol. The highest BCUT2D eigenvalue weighted by Crippen LogP contribution is 2.30.